The van der Waals surface area contributed by atoms with Gasteiger partial charge in [-0.05, 0) is 41.1 Å². The monoisotopic (exact) mass is 414 g/mol. The van der Waals surface area contributed by atoms with Crippen molar-refractivity contribution in [1.82, 2.24) is 14.9 Å². The molecule has 31 heavy (non-hydrogen) atoms. The van der Waals surface area contributed by atoms with Crippen molar-refractivity contribution in [2.75, 3.05) is 31.1 Å². The van der Waals surface area contributed by atoms with E-state index in [1.165, 1.54) is 5.39 Å². The van der Waals surface area contributed by atoms with Gasteiger partial charge in [0.25, 0.3) is 5.91 Å². The number of aromatic nitrogens is 2. The minimum Gasteiger partial charge on any atom is -0.486 e. The van der Waals surface area contributed by atoms with Gasteiger partial charge in [0, 0.05) is 38.6 Å². The van der Waals surface area contributed by atoms with Gasteiger partial charge in [-0.1, -0.05) is 30.3 Å². The maximum Gasteiger partial charge on any atom is 0.289 e. The molecule has 7 nitrogen and oxygen atoms in total. The molecule has 4 aromatic rings. The number of carbonyl (C=O) groups is 1. The van der Waals surface area contributed by atoms with E-state index in [9.17, 15) is 4.79 Å². The Morgan fingerprint density at radius 1 is 0.903 bits per heavy atom. The van der Waals surface area contributed by atoms with Crippen LogP contribution in [-0.4, -0.2) is 47.0 Å². The Morgan fingerprint density at radius 2 is 1.68 bits per heavy atom. The lowest BCUT2D eigenvalue weighted by molar-refractivity contribution is 0.0710. The molecule has 0 saturated carbocycles. The van der Waals surface area contributed by atoms with Crippen LogP contribution >= 0.6 is 0 Å². The maximum absolute atomic E-state index is 12.8. The van der Waals surface area contributed by atoms with E-state index in [-0.39, 0.29) is 12.5 Å². The molecule has 0 bridgehead atoms. The Labute approximate surface area is 179 Å². The van der Waals surface area contributed by atoms with Gasteiger partial charge in [-0.15, -0.1) is 0 Å². The minimum atomic E-state index is -0.106. The van der Waals surface area contributed by atoms with Gasteiger partial charge in [0.15, 0.2) is 5.76 Å². The van der Waals surface area contributed by atoms with Gasteiger partial charge in [0.1, 0.15) is 18.1 Å². The molecule has 0 atom stereocenters. The molecule has 1 fully saturated rings. The van der Waals surface area contributed by atoms with Gasteiger partial charge < -0.3 is 19.0 Å². The SMILES string of the molecule is O=C(c1ccc(COc2ccc3ccccc3c2)o1)N1CCN(c2ncccn2)CC1. The number of hydrogen-bond acceptors (Lipinski definition) is 6. The maximum atomic E-state index is 12.8. The molecule has 3 heterocycles. The fourth-order valence-corrected chi connectivity index (χ4v) is 3.70. The first-order valence-electron chi connectivity index (χ1n) is 10.3. The van der Waals surface area contributed by atoms with E-state index < -0.39 is 0 Å². The Kier molecular flexibility index (Phi) is 5.22. The number of nitrogens with zero attached hydrogens (tertiary/aromatic N) is 4. The molecule has 0 N–H and O–H groups in total. The second-order valence-electron chi connectivity index (χ2n) is 7.39. The highest BCUT2D eigenvalue weighted by Crippen LogP contribution is 2.22. The highest BCUT2D eigenvalue weighted by Gasteiger charge is 2.25. The zero-order chi connectivity index (χ0) is 21.0. The number of furan rings is 1. The van der Waals surface area contributed by atoms with E-state index in [0.717, 1.165) is 11.1 Å². The van der Waals surface area contributed by atoms with Crippen molar-refractivity contribution in [3.05, 3.63) is 84.6 Å². The molecule has 7 heteroatoms. The fourth-order valence-electron chi connectivity index (χ4n) is 3.70. The van der Waals surface area contributed by atoms with Crippen molar-refractivity contribution in [1.29, 1.82) is 0 Å². The molecule has 0 aliphatic carbocycles. The number of amides is 1. The molecular weight excluding hydrogens is 392 g/mol. The number of rotatable bonds is 5. The summed E-state index contributed by atoms with van der Waals surface area (Å²) in [5, 5.41) is 2.29. The van der Waals surface area contributed by atoms with Gasteiger partial charge in [-0.3, -0.25) is 4.79 Å². The van der Waals surface area contributed by atoms with Gasteiger partial charge in [0.2, 0.25) is 5.95 Å². The zero-order valence-corrected chi connectivity index (χ0v) is 17.0. The molecule has 1 saturated heterocycles. The quantitative estimate of drug-likeness (QED) is 0.495. The zero-order valence-electron chi connectivity index (χ0n) is 17.0. The van der Waals surface area contributed by atoms with Crippen LogP contribution in [0.4, 0.5) is 5.95 Å². The molecule has 156 valence electrons. The fraction of sp³-hybridized carbons (Fsp3) is 0.208. The summed E-state index contributed by atoms with van der Waals surface area (Å²) in [5.41, 5.74) is 0. The van der Waals surface area contributed by atoms with E-state index >= 15 is 0 Å². The second-order valence-corrected chi connectivity index (χ2v) is 7.39. The topological polar surface area (TPSA) is 71.7 Å². The molecule has 0 unspecified atom stereocenters. The third-order valence-electron chi connectivity index (χ3n) is 5.38. The van der Waals surface area contributed by atoms with Crippen LogP contribution < -0.4 is 9.64 Å². The molecule has 1 amide bonds. The molecule has 5 rings (SSSR count). The first-order valence-corrected chi connectivity index (χ1v) is 10.3. The highest BCUT2D eigenvalue weighted by molar-refractivity contribution is 5.91. The summed E-state index contributed by atoms with van der Waals surface area (Å²) < 4.78 is 11.6. The summed E-state index contributed by atoms with van der Waals surface area (Å²) in [6, 6.07) is 19.4. The lowest BCUT2D eigenvalue weighted by atomic mass is 10.1. The second kappa shape index (κ2) is 8.47. The van der Waals surface area contributed by atoms with Crippen LogP contribution in [-0.2, 0) is 6.61 Å². The van der Waals surface area contributed by atoms with Crippen LogP contribution in [0.5, 0.6) is 5.75 Å². The molecule has 1 aliphatic heterocycles. The van der Waals surface area contributed by atoms with Crippen molar-refractivity contribution in [3.63, 3.8) is 0 Å². The summed E-state index contributed by atoms with van der Waals surface area (Å²) in [4.78, 5) is 25.2. The molecule has 2 aromatic carbocycles. The van der Waals surface area contributed by atoms with E-state index in [2.05, 4.69) is 27.0 Å². The number of hydrogen-bond donors (Lipinski definition) is 0. The van der Waals surface area contributed by atoms with Crippen LogP contribution in [0.2, 0.25) is 0 Å². The van der Waals surface area contributed by atoms with Crippen LogP contribution in [0.25, 0.3) is 10.8 Å². The summed E-state index contributed by atoms with van der Waals surface area (Å²) in [6.07, 6.45) is 3.45. The molecule has 0 spiro atoms. The first-order chi connectivity index (χ1) is 15.3. The number of piperazine rings is 1. The van der Waals surface area contributed by atoms with Crippen molar-refractivity contribution in [2.24, 2.45) is 0 Å². The molecule has 1 aliphatic rings. The number of ether oxygens (including phenoxy) is 1. The normalized spacial score (nSPS) is 14.1. The third-order valence-corrected chi connectivity index (χ3v) is 5.38. The highest BCUT2D eigenvalue weighted by atomic mass is 16.5. The van der Waals surface area contributed by atoms with Gasteiger partial charge in [0.05, 0.1) is 0 Å². The van der Waals surface area contributed by atoms with Crippen molar-refractivity contribution < 1.29 is 13.9 Å². The summed E-state index contributed by atoms with van der Waals surface area (Å²) >= 11 is 0. The standard InChI is InChI=1S/C24H22N4O3/c29-23(27-12-14-28(15-13-27)24-25-10-3-11-26-24)22-9-8-21(31-22)17-30-20-7-6-18-4-1-2-5-19(18)16-20/h1-11,16H,12-15,17H2. The smallest absolute Gasteiger partial charge is 0.289 e. The Morgan fingerprint density at radius 3 is 2.48 bits per heavy atom. The van der Waals surface area contributed by atoms with Crippen LogP contribution in [0.3, 0.4) is 0 Å². The molecule has 0 radical (unpaired) electrons. The van der Waals surface area contributed by atoms with E-state index in [4.69, 9.17) is 9.15 Å². The predicted molar refractivity (Wildman–Crippen MR) is 117 cm³/mol. The number of anilines is 1. The number of carbonyl (C=O) groups excluding carboxylic acids is 1. The number of fused-ring (bicyclic) bond motifs is 1. The van der Waals surface area contributed by atoms with Gasteiger partial charge in [-0.25, -0.2) is 9.97 Å². The van der Waals surface area contributed by atoms with Crippen LogP contribution in [0, 0.1) is 0 Å². The Bertz CT molecular complexity index is 1180. The molecular formula is C24H22N4O3. The van der Waals surface area contributed by atoms with Crippen molar-refractivity contribution in [3.8, 4) is 5.75 Å². The lowest BCUT2D eigenvalue weighted by Gasteiger charge is -2.34. The van der Waals surface area contributed by atoms with Crippen LogP contribution in [0.15, 0.2) is 77.5 Å². The summed E-state index contributed by atoms with van der Waals surface area (Å²) in [5.74, 6) is 2.31. The van der Waals surface area contributed by atoms with Gasteiger partial charge >= 0.3 is 0 Å². The summed E-state index contributed by atoms with van der Waals surface area (Å²) in [7, 11) is 0. The van der Waals surface area contributed by atoms with Crippen molar-refractivity contribution in [2.45, 2.75) is 6.61 Å². The number of benzene rings is 2. The first kappa shape index (κ1) is 19.1. The minimum absolute atomic E-state index is 0.106. The summed E-state index contributed by atoms with van der Waals surface area (Å²) in [6.45, 7) is 2.84. The molecule has 2 aromatic heterocycles. The van der Waals surface area contributed by atoms with Crippen molar-refractivity contribution >= 4 is 22.6 Å². The average Bonchev–Trinajstić information content (AvgIpc) is 3.32. The Hall–Kier alpha value is -3.87. The Balaban J connectivity index is 1.18. The average molecular weight is 414 g/mol. The predicted octanol–water partition coefficient (Wildman–Crippen LogP) is 3.76. The van der Waals surface area contributed by atoms with Crippen LogP contribution in [0.1, 0.15) is 16.3 Å². The third kappa shape index (κ3) is 4.21. The van der Waals surface area contributed by atoms with E-state index in [0.29, 0.717) is 43.6 Å². The lowest BCUT2D eigenvalue weighted by Crippen LogP contribution is -2.49. The van der Waals surface area contributed by atoms with E-state index in [1.807, 2.05) is 30.3 Å². The largest absolute Gasteiger partial charge is 0.486 e. The van der Waals surface area contributed by atoms with E-state index in [1.54, 1.807) is 35.5 Å². The van der Waals surface area contributed by atoms with Gasteiger partial charge in [-0.2, -0.15) is 0 Å².